The molecule has 1 aliphatic rings. The fourth-order valence-corrected chi connectivity index (χ4v) is 3.41. The zero-order valence-electron chi connectivity index (χ0n) is 15.7. The van der Waals surface area contributed by atoms with Gasteiger partial charge in [-0.25, -0.2) is 4.79 Å². The Balaban J connectivity index is 1.68. The van der Waals surface area contributed by atoms with Crippen molar-refractivity contribution in [2.75, 3.05) is 0 Å². The summed E-state index contributed by atoms with van der Waals surface area (Å²) in [5.41, 5.74) is 1.23. The normalized spacial score (nSPS) is 18.3. The number of para-hydroxylation sites is 1. The van der Waals surface area contributed by atoms with Crippen LogP contribution in [-0.2, 0) is 4.74 Å². The zero-order valence-corrected chi connectivity index (χ0v) is 15.7. The van der Waals surface area contributed by atoms with Crippen molar-refractivity contribution in [3.63, 3.8) is 0 Å². The molecule has 138 valence electrons. The number of rotatable bonds is 9. The summed E-state index contributed by atoms with van der Waals surface area (Å²) in [4.78, 5) is 11.9. The third-order valence-corrected chi connectivity index (χ3v) is 5.01. The van der Waals surface area contributed by atoms with E-state index in [1.807, 2.05) is 25.1 Å². The molecule has 0 aliphatic heterocycles. The lowest BCUT2D eigenvalue weighted by Gasteiger charge is -2.25. The summed E-state index contributed by atoms with van der Waals surface area (Å²) in [6.45, 7) is 4.19. The molecular weight excluding hydrogens is 312 g/mol. The highest BCUT2D eigenvalue weighted by molar-refractivity contribution is 5.64. The molecule has 3 nitrogen and oxygen atoms in total. The zero-order chi connectivity index (χ0) is 17.9. The van der Waals surface area contributed by atoms with Gasteiger partial charge in [0.15, 0.2) is 0 Å². The van der Waals surface area contributed by atoms with Gasteiger partial charge >= 0.3 is 6.16 Å². The molecule has 2 rings (SSSR count). The third kappa shape index (κ3) is 7.33. The predicted molar refractivity (Wildman–Crippen MR) is 102 cm³/mol. The van der Waals surface area contributed by atoms with Crippen molar-refractivity contribution in [2.45, 2.75) is 77.7 Å². The van der Waals surface area contributed by atoms with Gasteiger partial charge in [-0.15, -0.1) is 0 Å². The molecule has 0 heterocycles. The minimum absolute atomic E-state index is 0.207. The van der Waals surface area contributed by atoms with E-state index in [0.29, 0.717) is 5.75 Å². The number of allylic oxidation sites excluding steroid dienone is 1. The predicted octanol–water partition coefficient (Wildman–Crippen LogP) is 6.68. The lowest BCUT2D eigenvalue weighted by molar-refractivity contribution is 0.0763. The van der Waals surface area contributed by atoms with Gasteiger partial charge < -0.3 is 9.47 Å². The quantitative estimate of drug-likeness (QED) is 0.217. The largest absolute Gasteiger partial charge is 0.514 e. The molecule has 0 radical (unpaired) electrons. The Morgan fingerprint density at radius 1 is 1.16 bits per heavy atom. The van der Waals surface area contributed by atoms with Gasteiger partial charge in [-0.1, -0.05) is 69.7 Å². The number of carbonyl (C=O) groups excluding carboxylic acids is 1. The van der Waals surface area contributed by atoms with Crippen LogP contribution < -0.4 is 4.74 Å². The molecule has 0 bridgehead atoms. The Bertz CT molecular complexity index is 535. The summed E-state index contributed by atoms with van der Waals surface area (Å²) < 4.78 is 10.6. The van der Waals surface area contributed by atoms with Crippen molar-refractivity contribution < 1.29 is 14.3 Å². The van der Waals surface area contributed by atoms with Crippen LogP contribution in [0.15, 0.2) is 42.0 Å². The molecule has 0 spiro atoms. The summed E-state index contributed by atoms with van der Waals surface area (Å²) in [6, 6.07) is 9.04. The summed E-state index contributed by atoms with van der Waals surface area (Å²) in [5, 5.41) is 0. The highest BCUT2D eigenvalue weighted by Crippen LogP contribution is 2.30. The van der Waals surface area contributed by atoms with Gasteiger partial charge in [-0.3, -0.25) is 0 Å². The summed E-state index contributed by atoms with van der Waals surface area (Å²) in [6.07, 6.45) is 12.9. The molecule has 1 aromatic carbocycles. The van der Waals surface area contributed by atoms with E-state index in [9.17, 15) is 4.79 Å². The van der Waals surface area contributed by atoms with Crippen LogP contribution in [0.2, 0.25) is 0 Å². The van der Waals surface area contributed by atoms with Gasteiger partial charge in [0.05, 0.1) is 0 Å². The SMILES string of the molecule is CCCCCCCC1CC=C(C(C)OC(=O)Oc2ccccc2)CC1. The Morgan fingerprint density at radius 3 is 2.60 bits per heavy atom. The number of carbonyl (C=O) groups is 1. The summed E-state index contributed by atoms with van der Waals surface area (Å²) in [5.74, 6) is 1.31. The molecule has 1 aromatic rings. The number of hydrogen-bond acceptors (Lipinski definition) is 3. The maximum absolute atomic E-state index is 11.9. The minimum atomic E-state index is -0.627. The molecule has 25 heavy (non-hydrogen) atoms. The Labute approximate surface area is 152 Å². The second kappa shape index (κ2) is 11.0. The number of ether oxygens (including phenoxy) is 2. The van der Waals surface area contributed by atoms with Crippen LogP contribution in [-0.4, -0.2) is 12.3 Å². The highest BCUT2D eigenvalue weighted by atomic mass is 16.7. The average Bonchev–Trinajstić information content (AvgIpc) is 2.63. The molecule has 2 unspecified atom stereocenters. The third-order valence-electron chi connectivity index (χ3n) is 5.01. The fraction of sp³-hybridized carbons (Fsp3) is 0.591. The van der Waals surface area contributed by atoms with E-state index < -0.39 is 6.16 Å². The molecule has 3 heteroatoms. The van der Waals surface area contributed by atoms with E-state index in [-0.39, 0.29) is 6.10 Å². The van der Waals surface area contributed by atoms with Gasteiger partial charge in [0.1, 0.15) is 11.9 Å². The highest BCUT2D eigenvalue weighted by Gasteiger charge is 2.21. The average molecular weight is 344 g/mol. The molecule has 0 saturated carbocycles. The Kier molecular flexibility index (Phi) is 8.58. The van der Waals surface area contributed by atoms with Crippen LogP contribution in [0.25, 0.3) is 0 Å². The van der Waals surface area contributed by atoms with E-state index >= 15 is 0 Å². The van der Waals surface area contributed by atoms with Crippen LogP contribution in [0.4, 0.5) is 4.79 Å². The molecule has 0 aromatic heterocycles. The first-order valence-electron chi connectivity index (χ1n) is 9.81. The summed E-state index contributed by atoms with van der Waals surface area (Å²) in [7, 11) is 0. The summed E-state index contributed by atoms with van der Waals surface area (Å²) >= 11 is 0. The van der Waals surface area contributed by atoms with Crippen molar-refractivity contribution in [2.24, 2.45) is 5.92 Å². The minimum Gasteiger partial charge on any atom is -0.426 e. The second-order valence-corrected chi connectivity index (χ2v) is 7.05. The van der Waals surface area contributed by atoms with E-state index in [1.54, 1.807) is 12.1 Å². The van der Waals surface area contributed by atoms with Gasteiger partial charge in [-0.2, -0.15) is 0 Å². The first-order valence-corrected chi connectivity index (χ1v) is 9.81. The number of hydrogen-bond donors (Lipinski definition) is 0. The van der Waals surface area contributed by atoms with Crippen LogP contribution in [0.3, 0.4) is 0 Å². The Morgan fingerprint density at radius 2 is 1.92 bits per heavy atom. The molecule has 0 fully saturated rings. The lowest BCUT2D eigenvalue weighted by atomic mass is 9.84. The van der Waals surface area contributed by atoms with Gasteiger partial charge in [-0.05, 0) is 49.8 Å². The van der Waals surface area contributed by atoms with Crippen molar-refractivity contribution in [1.82, 2.24) is 0 Å². The topological polar surface area (TPSA) is 35.5 Å². The maximum atomic E-state index is 11.9. The molecule has 0 N–H and O–H groups in total. The smallest absolute Gasteiger partial charge is 0.426 e. The van der Waals surface area contributed by atoms with Gasteiger partial charge in [0.25, 0.3) is 0 Å². The van der Waals surface area contributed by atoms with E-state index in [0.717, 1.165) is 18.8 Å². The van der Waals surface area contributed by atoms with E-state index in [4.69, 9.17) is 9.47 Å². The number of unbranched alkanes of at least 4 members (excludes halogenated alkanes) is 4. The van der Waals surface area contributed by atoms with Crippen LogP contribution >= 0.6 is 0 Å². The van der Waals surface area contributed by atoms with E-state index in [1.165, 1.54) is 50.5 Å². The van der Waals surface area contributed by atoms with E-state index in [2.05, 4.69) is 13.0 Å². The molecule has 2 atom stereocenters. The van der Waals surface area contributed by atoms with Crippen LogP contribution in [0, 0.1) is 5.92 Å². The van der Waals surface area contributed by atoms with Gasteiger partial charge in [0, 0.05) is 0 Å². The van der Waals surface area contributed by atoms with Crippen LogP contribution in [0.1, 0.15) is 71.6 Å². The van der Waals surface area contributed by atoms with Crippen molar-refractivity contribution in [3.8, 4) is 5.75 Å². The van der Waals surface area contributed by atoms with Crippen molar-refractivity contribution in [3.05, 3.63) is 42.0 Å². The number of benzene rings is 1. The lowest BCUT2D eigenvalue weighted by Crippen LogP contribution is -2.22. The molecule has 0 amide bonds. The first-order chi connectivity index (χ1) is 12.2. The second-order valence-electron chi connectivity index (χ2n) is 7.05. The first kappa shape index (κ1) is 19.6. The van der Waals surface area contributed by atoms with Gasteiger partial charge in [0.2, 0.25) is 0 Å². The molecule has 1 aliphatic carbocycles. The van der Waals surface area contributed by atoms with Crippen molar-refractivity contribution >= 4 is 6.16 Å². The maximum Gasteiger partial charge on any atom is 0.514 e. The molecule has 0 saturated heterocycles. The monoisotopic (exact) mass is 344 g/mol. The van der Waals surface area contributed by atoms with Crippen LogP contribution in [0.5, 0.6) is 5.75 Å². The molecular formula is C22H32O3. The Hall–Kier alpha value is -1.77. The van der Waals surface area contributed by atoms with Crippen molar-refractivity contribution in [1.29, 1.82) is 0 Å². The fourth-order valence-electron chi connectivity index (χ4n) is 3.41. The standard InChI is InChI=1S/C22H32O3/c1-3-4-5-6-8-11-19-14-16-20(17-15-19)18(2)24-22(23)25-21-12-9-7-10-13-21/h7,9-10,12-13,16,18-19H,3-6,8,11,14-15,17H2,1-2H3.